The molecule has 0 saturated carbocycles. The van der Waals surface area contributed by atoms with Gasteiger partial charge in [-0.15, -0.1) is 21.5 Å². The van der Waals surface area contributed by atoms with Crippen LogP contribution in [-0.4, -0.2) is 15.2 Å². The predicted molar refractivity (Wildman–Crippen MR) is 85.7 cm³/mol. The molecular formula is C12H11N5S3. The van der Waals surface area contributed by atoms with Gasteiger partial charge in [0.15, 0.2) is 9.47 Å². The fraction of sp³-hybridized carbons (Fsp3) is 0.0833. The van der Waals surface area contributed by atoms with Crippen LogP contribution in [0.2, 0.25) is 0 Å². The molecule has 0 saturated heterocycles. The lowest BCUT2D eigenvalue weighted by atomic mass is 10.3. The number of hydrogen-bond donors (Lipinski definition) is 2. The van der Waals surface area contributed by atoms with Crippen molar-refractivity contribution in [2.75, 3.05) is 11.1 Å². The molecule has 0 aliphatic carbocycles. The summed E-state index contributed by atoms with van der Waals surface area (Å²) in [6.07, 6.45) is 0. The second kappa shape index (κ2) is 6.21. The molecule has 3 N–H and O–H groups in total. The van der Waals surface area contributed by atoms with Crippen LogP contribution in [0.3, 0.4) is 0 Å². The van der Waals surface area contributed by atoms with Crippen LogP contribution in [0.5, 0.6) is 0 Å². The van der Waals surface area contributed by atoms with Gasteiger partial charge in [0.2, 0.25) is 5.13 Å². The summed E-state index contributed by atoms with van der Waals surface area (Å²) in [5, 5.41) is 14.5. The van der Waals surface area contributed by atoms with Crippen molar-refractivity contribution < 1.29 is 0 Å². The first-order chi connectivity index (χ1) is 9.79. The van der Waals surface area contributed by atoms with Crippen LogP contribution in [0.25, 0.3) is 0 Å². The van der Waals surface area contributed by atoms with Crippen LogP contribution in [0.1, 0.15) is 5.69 Å². The summed E-state index contributed by atoms with van der Waals surface area (Å²) in [7, 11) is 0. The number of thioether (sulfide) groups is 1. The van der Waals surface area contributed by atoms with Gasteiger partial charge in [0.05, 0.1) is 5.69 Å². The van der Waals surface area contributed by atoms with E-state index in [2.05, 4.69) is 20.5 Å². The van der Waals surface area contributed by atoms with Gasteiger partial charge in [0, 0.05) is 16.8 Å². The Morgan fingerprint density at radius 3 is 2.80 bits per heavy atom. The van der Waals surface area contributed by atoms with Gasteiger partial charge < -0.3 is 11.1 Å². The normalized spacial score (nSPS) is 10.6. The molecule has 3 aromatic rings. The Morgan fingerprint density at radius 2 is 2.05 bits per heavy atom. The molecule has 3 rings (SSSR count). The minimum Gasteiger partial charge on any atom is -0.374 e. The van der Waals surface area contributed by atoms with Crippen molar-refractivity contribution in [3.63, 3.8) is 0 Å². The molecule has 2 heterocycles. The minimum absolute atomic E-state index is 0.497. The van der Waals surface area contributed by atoms with Crippen molar-refractivity contribution in [3.8, 4) is 0 Å². The van der Waals surface area contributed by atoms with Crippen LogP contribution in [-0.2, 0) is 5.75 Å². The average Bonchev–Trinajstić information content (AvgIpc) is 3.07. The number of nitrogens with two attached hydrogens (primary N) is 1. The third-order valence-corrected chi connectivity index (χ3v) is 5.07. The fourth-order valence-corrected chi connectivity index (χ4v) is 3.85. The maximum atomic E-state index is 5.55. The molecule has 0 aliphatic heterocycles. The van der Waals surface area contributed by atoms with Crippen LogP contribution in [0.15, 0.2) is 40.1 Å². The number of rotatable bonds is 5. The lowest BCUT2D eigenvalue weighted by Crippen LogP contribution is -1.89. The molecule has 0 atom stereocenters. The SMILES string of the molecule is Nc1nnc(SCc2csc(Nc3ccccc3)n2)s1. The number of thiazole rings is 1. The fourth-order valence-electron chi connectivity index (χ4n) is 1.49. The molecule has 0 aliphatic rings. The Bertz CT molecular complexity index is 679. The first-order valence-electron chi connectivity index (χ1n) is 5.78. The molecule has 1 aromatic carbocycles. The van der Waals surface area contributed by atoms with Crippen molar-refractivity contribution >= 4 is 50.4 Å². The van der Waals surface area contributed by atoms with E-state index in [0.717, 1.165) is 26.6 Å². The number of benzene rings is 1. The van der Waals surface area contributed by atoms with E-state index >= 15 is 0 Å². The van der Waals surface area contributed by atoms with Crippen molar-refractivity contribution in [2.24, 2.45) is 0 Å². The van der Waals surface area contributed by atoms with Crippen LogP contribution >= 0.6 is 34.4 Å². The minimum atomic E-state index is 0.497. The van der Waals surface area contributed by atoms with Gasteiger partial charge >= 0.3 is 0 Å². The topological polar surface area (TPSA) is 76.7 Å². The smallest absolute Gasteiger partial charge is 0.203 e. The molecule has 0 fully saturated rings. The molecule has 0 spiro atoms. The maximum Gasteiger partial charge on any atom is 0.203 e. The summed E-state index contributed by atoms with van der Waals surface area (Å²) in [4.78, 5) is 4.54. The van der Waals surface area contributed by atoms with Gasteiger partial charge in [-0.1, -0.05) is 41.3 Å². The summed E-state index contributed by atoms with van der Waals surface area (Å²) in [5.74, 6) is 0.765. The zero-order valence-corrected chi connectivity index (χ0v) is 12.8. The molecule has 0 amide bonds. The first kappa shape index (κ1) is 13.3. The van der Waals surface area contributed by atoms with Gasteiger partial charge in [-0.3, -0.25) is 0 Å². The molecule has 102 valence electrons. The number of nitrogen functional groups attached to an aromatic ring is 1. The van der Waals surface area contributed by atoms with E-state index in [1.165, 1.54) is 11.3 Å². The number of para-hydroxylation sites is 1. The molecule has 0 unspecified atom stereocenters. The standard InChI is InChI=1S/C12H11N5S3/c13-10-16-17-12(20-10)19-7-9-6-18-11(15-9)14-8-4-2-1-3-5-8/h1-6H,7H2,(H2,13,16)(H,14,15). The lowest BCUT2D eigenvalue weighted by molar-refractivity contribution is 1.02. The van der Waals surface area contributed by atoms with E-state index in [-0.39, 0.29) is 0 Å². The Morgan fingerprint density at radius 1 is 1.20 bits per heavy atom. The van der Waals surface area contributed by atoms with Crippen LogP contribution < -0.4 is 11.1 Å². The molecule has 5 nitrogen and oxygen atoms in total. The van der Waals surface area contributed by atoms with E-state index in [4.69, 9.17) is 5.73 Å². The molecule has 8 heteroatoms. The Labute approximate surface area is 128 Å². The van der Waals surface area contributed by atoms with Crippen LogP contribution in [0.4, 0.5) is 16.0 Å². The Hall–Kier alpha value is -1.64. The number of anilines is 3. The zero-order chi connectivity index (χ0) is 13.8. The van der Waals surface area contributed by atoms with E-state index in [1.54, 1.807) is 23.1 Å². The summed E-state index contributed by atoms with van der Waals surface area (Å²) < 4.78 is 0.869. The second-order valence-corrected chi connectivity index (χ2v) is 6.92. The predicted octanol–water partition coefficient (Wildman–Crippen LogP) is 3.61. The summed E-state index contributed by atoms with van der Waals surface area (Å²) in [5.41, 5.74) is 7.61. The monoisotopic (exact) mass is 321 g/mol. The second-order valence-electron chi connectivity index (χ2n) is 3.83. The summed E-state index contributed by atoms with van der Waals surface area (Å²) >= 11 is 4.58. The third kappa shape index (κ3) is 3.47. The highest BCUT2D eigenvalue weighted by Gasteiger charge is 2.06. The lowest BCUT2D eigenvalue weighted by Gasteiger charge is -2.00. The van der Waals surface area contributed by atoms with Gasteiger partial charge in [-0.05, 0) is 12.1 Å². The number of hydrogen-bond acceptors (Lipinski definition) is 8. The van der Waals surface area contributed by atoms with Crippen molar-refractivity contribution in [3.05, 3.63) is 41.4 Å². The molecule has 0 radical (unpaired) electrons. The van der Waals surface area contributed by atoms with Crippen molar-refractivity contribution in [1.82, 2.24) is 15.2 Å². The van der Waals surface area contributed by atoms with E-state index < -0.39 is 0 Å². The van der Waals surface area contributed by atoms with Crippen molar-refractivity contribution in [2.45, 2.75) is 10.1 Å². The van der Waals surface area contributed by atoms with Gasteiger partial charge in [-0.2, -0.15) is 0 Å². The summed E-state index contributed by atoms with van der Waals surface area (Å²) in [6, 6.07) is 10.0. The Kier molecular flexibility index (Phi) is 4.14. The molecule has 0 bridgehead atoms. The van der Waals surface area contributed by atoms with E-state index in [0.29, 0.717) is 5.13 Å². The number of nitrogens with zero attached hydrogens (tertiary/aromatic N) is 3. The highest BCUT2D eigenvalue weighted by molar-refractivity contribution is 8.00. The first-order valence-corrected chi connectivity index (χ1v) is 8.46. The quantitative estimate of drug-likeness (QED) is 0.699. The van der Waals surface area contributed by atoms with E-state index in [1.807, 2.05) is 35.7 Å². The third-order valence-electron chi connectivity index (χ3n) is 2.34. The average molecular weight is 321 g/mol. The zero-order valence-electron chi connectivity index (χ0n) is 10.3. The Balaban J connectivity index is 1.59. The number of nitrogens with one attached hydrogen (secondary N) is 1. The highest BCUT2D eigenvalue weighted by atomic mass is 32.2. The molecular weight excluding hydrogens is 310 g/mol. The van der Waals surface area contributed by atoms with E-state index in [9.17, 15) is 0 Å². The number of aromatic nitrogens is 3. The molecule has 2 aromatic heterocycles. The van der Waals surface area contributed by atoms with Gasteiger partial charge in [0.25, 0.3) is 0 Å². The van der Waals surface area contributed by atoms with Gasteiger partial charge in [-0.25, -0.2) is 4.98 Å². The van der Waals surface area contributed by atoms with Crippen LogP contribution in [0, 0.1) is 0 Å². The summed E-state index contributed by atoms with van der Waals surface area (Å²) in [6.45, 7) is 0. The van der Waals surface area contributed by atoms with Crippen molar-refractivity contribution in [1.29, 1.82) is 0 Å². The largest absolute Gasteiger partial charge is 0.374 e. The highest BCUT2D eigenvalue weighted by Crippen LogP contribution is 2.28. The molecule has 20 heavy (non-hydrogen) atoms. The van der Waals surface area contributed by atoms with Gasteiger partial charge in [0.1, 0.15) is 0 Å². The maximum absolute atomic E-state index is 5.55.